The van der Waals surface area contributed by atoms with Gasteiger partial charge in [0.15, 0.2) is 0 Å². The molecule has 0 fully saturated rings. The molecule has 6 heteroatoms. The number of carboxylic acid groups (broad SMARTS) is 1. The molecule has 0 aliphatic carbocycles. The quantitative estimate of drug-likeness (QED) is 0.699. The number of aromatic nitrogens is 2. The zero-order chi connectivity index (χ0) is 9.84. The van der Waals surface area contributed by atoms with Crippen molar-refractivity contribution in [3.63, 3.8) is 0 Å². The summed E-state index contributed by atoms with van der Waals surface area (Å²) < 4.78 is 1.28. The van der Waals surface area contributed by atoms with Crippen molar-refractivity contribution in [1.82, 2.24) is 9.78 Å². The minimum atomic E-state index is -0.942. The third-order valence-electron chi connectivity index (χ3n) is 1.43. The molecule has 72 valence electrons. The Labute approximate surface area is 79.9 Å². The fraction of sp³-hybridized carbons (Fsp3) is 0.429. The van der Waals surface area contributed by atoms with E-state index >= 15 is 0 Å². The number of rotatable bonds is 4. The molecule has 13 heavy (non-hydrogen) atoms. The van der Waals surface area contributed by atoms with Crippen LogP contribution < -0.4 is 5.73 Å². The van der Waals surface area contributed by atoms with Gasteiger partial charge in [0.2, 0.25) is 0 Å². The molecule has 1 aromatic heterocycles. The van der Waals surface area contributed by atoms with Crippen LogP contribution in [-0.4, -0.2) is 26.6 Å². The zero-order valence-corrected chi connectivity index (χ0v) is 8.04. The van der Waals surface area contributed by atoms with Crippen LogP contribution in [0.4, 0.5) is 5.82 Å². The number of carbonyl (C=O) groups is 1. The highest BCUT2D eigenvalue weighted by Crippen LogP contribution is 2.23. The van der Waals surface area contributed by atoms with Crippen molar-refractivity contribution in [2.75, 3.05) is 11.5 Å². The molecular weight excluding hydrogens is 190 g/mol. The normalized spacial score (nSPS) is 10.2. The highest BCUT2D eigenvalue weighted by atomic mass is 32.2. The molecule has 0 aromatic carbocycles. The first-order chi connectivity index (χ1) is 6.15. The number of nitrogens with zero attached hydrogens (tertiary/aromatic N) is 2. The number of hydrogen-bond acceptors (Lipinski definition) is 4. The number of hydrogen-bond donors (Lipinski definition) is 2. The lowest BCUT2D eigenvalue weighted by Gasteiger charge is -2.00. The summed E-state index contributed by atoms with van der Waals surface area (Å²) in [5.74, 6) is 0.375. The number of anilines is 1. The molecule has 0 radical (unpaired) electrons. The van der Waals surface area contributed by atoms with E-state index in [0.29, 0.717) is 5.82 Å². The van der Waals surface area contributed by atoms with E-state index in [-0.39, 0.29) is 6.54 Å². The van der Waals surface area contributed by atoms with Gasteiger partial charge in [-0.3, -0.25) is 4.79 Å². The molecule has 1 aromatic rings. The van der Waals surface area contributed by atoms with Crippen LogP contribution >= 0.6 is 11.8 Å². The van der Waals surface area contributed by atoms with Gasteiger partial charge in [0.25, 0.3) is 0 Å². The molecule has 3 N–H and O–H groups in total. The third-order valence-corrected chi connectivity index (χ3v) is 2.34. The third kappa shape index (κ3) is 2.38. The summed E-state index contributed by atoms with van der Waals surface area (Å²) >= 11 is 1.55. The summed E-state index contributed by atoms with van der Waals surface area (Å²) in [5, 5.41) is 12.4. The molecule has 5 nitrogen and oxygen atoms in total. The molecule has 0 bridgehead atoms. The van der Waals surface area contributed by atoms with Crippen LogP contribution in [0.3, 0.4) is 0 Å². The smallest absolute Gasteiger partial charge is 0.325 e. The Morgan fingerprint density at radius 3 is 3.08 bits per heavy atom. The molecule has 0 aliphatic heterocycles. The molecule has 0 saturated heterocycles. The Balaban J connectivity index is 2.79. The highest BCUT2D eigenvalue weighted by molar-refractivity contribution is 7.99. The Bertz CT molecular complexity index is 311. The van der Waals surface area contributed by atoms with Gasteiger partial charge in [-0.1, -0.05) is 6.92 Å². The zero-order valence-electron chi connectivity index (χ0n) is 7.23. The topological polar surface area (TPSA) is 81.1 Å². The van der Waals surface area contributed by atoms with E-state index in [4.69, 9.17) is 10.8 Å². The second-order valence-corrected chi connectivity index (χ2v) is 3.68. The lowest BCUT2D eigenvalue weighted by Crippen LogP contribution is -2.12. The van der Waals surface area contributed by atoms with Gasteiger partial charge in [0, 0.05) is 0 Å². The van der Waals surface area contributed by atoms with Crippen molar-refractivity contribution >= 4 is 23.5 Å². The van der Waals surface area contributed by atoms with Crippen molar-refractivity contribution < 1.29 is 9.90 Å². The average molecular weight is 201 g/mol. The molecule has 0 atom stereocenters. The predicted octanol–water partition coefficient (Wildman–Crippen LogP) is 0.662. The highest BCUT2D eigenvalue weighted by Gasteiger charge is 2.09. The minimum Gasteiger partial charge on any atom is -0.480 e. The number of thioether (sulfide) groups is 1. The van der Waals surface area contributed by atoms with Gasteiger partial charge in [-0.25, -0.2) is 4.68 Å². The lowest BCUT2D eigenvalue weighted by molar-refractivity contribution is -0.137. The SMILES string of the molecule is CCSc1cnn(CC(=O)O)c1N. The van der Waals surface area contributed by atoms with Gasteiger partial charge in [-0.05, 0) is 5.75 Å². The maximum absolute atomic E-state index is 10.4. The van der Waals surface area contributed by atoms with Gasteiger partial charge in [0.1, 0.15) is 12.4 Å². The van der Waals surface area contributed by atoms with Gasteiger partial charge in [-0.2, -0.15) is 5.10 Å². The molecule has 1 rings (SSSR count). The van der Waals surface area contributed by atoms with E-state index in [2.05, 4.69) is 5.10 Å². The molecule has 0 amide bonds. The van der Waals surface area contributed by atoms with E-state index in [1.54, 1.807) is 18.0 Å². The fourth-order valence-corrected chi connectivity index (χ4v) is 1.58. The second kappa shape index (κ2) is 4.18. The summed E-state index contributed by atoms with van der Waals surface area (Å²) in [7, 11) is 0. The number of nitrogen functional groups attached to an aromatic ring is 1. The fourth-order valence-electron chi connectivity index (χ4n) is 0.898. The van der Waals surface area contributed by atoms with Gasteiger partial charge < -0.3 is 10.8 Å². The molecule has 0 spiro atoms. The molecule has 0 aliphatic rings. The number of nitrogens with two attached hydrogens (primary N) is 1. The van der Waals surface area contributed by atoms with Crippen LogP contribution in [0.5, 0.6) is 0 Å². The van der Waals surface area contributed by atoms with E-state index in [9.17, 15) is 4.79 Å². The minimum absolute atomic E-state index is 0.184. The van der Waals surface area contributed by atoms with Gasteiger partial charge in [-0.15, -0.1) is 11.8 Å². The Hall–Kier alpha value is -1.17. The van der Waals surface area contributed by atoms with E-state index < -0.39 is 5.97 Å². The first kappa shape index (κ1) is 9.91. The van der Waals surface area contributed by atoms with Gasteiger partial charge >= 0.3 is 5.97 Å². The Morgan fingerprint density at radius 1 is 1.85 bits per heavy atom. The van der Waals surface area contributed by atoms with Crippen LogP contribution in [0.25, 0.3) is 0 Å². The summed E-state index contributed by atoms with van der Waals surface area (Å²) in [4.78, 5) is 11.2. The van der Waals surface area contributed by atoms with Crippen molar-refractivity contribution in [3.8, 4) is 0 Å². The average Bonchev–Trinajstić information content (AvgIpc) is 2.36. The summed E-state index contributed by atoms with van der Waals surface area (Å²) in [5.41, 5.74) is 5.65. The maximum atomic E-state index is 10.4. The maximum Gasteiger partial charge on any atom is 0.325 e. The van der Waals surface area contributed by atoms with Crippen LogP contribution in [0.1, 0.15) is 6.92 Å². The Kier molecular flexibility index (Phi) is 3.18. The molecule has 0 saturated carbocycles. The van der Waals surface area contributed by atoms with E-state index in [0.717, 1.165) is 10.6 Å². The molecular formula is C7H11N3O2S. The summed E-state index contributed by atoms with van der Waals surface area (Å²) in [6.07, 6.45) is 1.59. The number of aliphatic carboxylic acids is 1. The largest absolute Gasteiger partial charge is 0.480 e. The summed E-state index contributed by atoms with van der Waals surface area (Å²) in [6, 6.07) is 0. The predicted molar refractivity (Wildman–Crippen MR) is 50.7 cm³/mol. The lowest BCUT2D eigenvalue weighted by atomic mass is 10.6. The van der Waals surface area contributed by atoms with Crippen LogP contribution in [0.15, 0.2) is 11.1 Å². The monoisotopic (exact) mass is 201 g/mol. The van der Waals surface area contributed by atoms with E-state index in [1.807, 2.05) is 6.92 Å². The van der Waals surface area contributed by atoms with Crippen molar-refractivity contribution in [3.05, 3.63) is 6.20 Å². The number of carboxylic acids is 1. The van der Waals surface area contributed by atoms with Crippen molar-refractivity contribution in [2.45, 2.75) is 18.4 Å². The van der Waals surface area contributed by atoms with Crippen LogP contribution in [0, 0.1) is 0 Å². The second-order valence-electron chi connectivity index (χ2n) is 2.38. The van der Waals surface area contributed by atoms with E-state index in [1.165, 1.54) is 4.68 Å². The van der Waals surface area contributed by atoms with Gasteiger partial charge in [0.05, 0.1) is 11.1 Å². The van der Waals surface area contributed by atoms with Crippen molar-refractivity contribution in [1.29, 1.82) is 0 Å². The van der Waals surface area contributed by atoms with Crippen molar-refractivity contribution in [2.24, 2.45) is 0 Å². The Morgan fingerprint density at radius 2 is 2.54 bits per heavy atom. The molecule has 1 heterocycles. The summed E-state index contributed by atoms with van der Waals surface area (Å²) in [6.45, 7) is 1.81. The first-order valence-corrected chi connectivity index (χ1v) is 4.79. The molecule has 0 unspecified atom stereocenters. The van der Waals surface area contributed by atoms with Crippen LogP contribution in [0.2, 0.25) is 0 Å². The standard InChI is InChI=1S/C7H11N3O2S/c1-2-13-5-3-9-10(7(5)8)4-6(11)12/h3H,2,4,8H2,1H3,(H,11,12). The first-order valence-electron chi connectivity index (χ1n) is 3.81. The van der Waals surface area contributed by atoms with Crippen LogP contribution in [-0.2, 0) is 11.3 Å².